The lowest BCUT2D eigenvalue weighted by atomic mass is 10.1. The van der Waals surface area contributed by atoms with Crippen molar-refractivity contribution in [3.63, 3.8) is 0 Å². The van der Waals surface area contributed by atoms with Gasteiger partial charge in [0.2, 0.25) is 5.91 Å². The molecule has 2 amide bonds. The lowest BCUT2D eigenvalue weighted by Crippen LogP contribution is -2.30. The van der Waals surface area contributed by atoms with Crippen molar-refractivity contribution in [3.8, 4) is 5.75 Å². The molecular weight excluding hydrogens is 224 g/mol. The summed E-state index contributed by atoms with van der Waals surface area (Å²) in [6, 6.07) is 6.44. The number of carbonyl (C=O) groups excluding carboxylic acids is 2. The summed E-state index contributed by atoms with van der Waals surface area (Å²) in [6.07, 6.45) is -0.711. The molecule has 6 heteroatoms. The van der Waals surface area contributed by atoms with E-state index in [-0.39, 0.29) is 31.2 Å². The van der Waals surface area contributed by atoms with Crippen molar-refractivity contribution in [1.82, 2.24) is 5.32 Å². The molecule has 92 valence electrons. The van der Waals surface area contributed by atoms with E-state index >= 15 is 0 Å². The molecule has 0 aliphatic rings. The van der Waals surface area contributed by atoms with Crippen LogP contribution in [0.5, 0.6) is 5.75 Å². The Bertz CT molecular complexity index is 406. The van der Waals surface area contributed by atoms with Crippen LogP contribution >= 0.6 is 0 Å². The van der Waals surface area contributed by atoms with E-state index in [1.807, 2.05) is 0 Å². The van der Waals surface area contributed by atoms with Gasteiger partial charge in [0.25, 0.3) is 0 Å². The van der Waals surface area contributed by atoms with Gasteiger partial charge < -0.3 is 20.9 Å². The van der Waals surface area contributed by atoms with Crippen LogP contribution in [0.2, 0.25) is 0 Å². The fraction of sp³-hybridized carbons (Fsp3) is 0.273. The molecule has 0 heterocycles. The molecule has 4 N–H and O–H groups in total. The minimum absolute atomic E-state index is 0.0428. The number of amides is 2. The summed E-state index contributed by atoms with van der Waals surface area (Å²) in [5, 5.41) is 11.8. The molecule has 1 aromatic rings. The maximum Gasteiger partial charge on any atom is 0.404 e. The van der Waals surface area contributed by atoms with Crippen molar-refractivity contribution < 1.29 is 19.4 Å². The Kier molecular flexibility index (Phi) is 4.80. The van der Waals surface area contributed by atoms with E-state index in [9.17, 15) is 14.7 Å². The summed E-state index contributed by atoms with van der Waals surface area (Å²) in [6.45, 7) is 0.252. The number of primary amides is 1. The fourth-order valence-electron chi connectivity index (χ4n) is 1.26. The minimum Gasteiger partial charge on any atom is -0.508 e. The Morgan fingerprint density at radius 2 is 2.18 bits per heavy atom. The van der Waals surface area contributed by atoms with E-state index in [1.165, 1.54) is 12.1 Å². The minimum atomic E-state index is -0.868. The molecule has 0 saturated heterocycles. The molecule has 17 heavy (non-hydrogen) atoms. The second-order valence-electron chi connectivity index (χ2n) is 3.36. The van der Waals surface area contributed by atoms with Crippen LogP contribution in [-0.4, -0.2) is 30.3 Å². The topological polar surface area (TPSA) is 102 Å². The number of ether oxygens (including phenoxy) is 1. The van der Waals surface area contributed by atoms with Gasteiger partial charge in [-0.2, -0.15) is 0 Å². The van der Waals surface area contributed by atoms with Crippen LogP contribution in [0.1, 0.15) is 5.56 Å². The van der Waals surface area contributed by atoms with E-state index in [2.05, 4.69) is 10.1 Å². The third-order valence-electron chi connectivity index (χ3n) is 1.94. The zero-order valence-electron chi connectivity index (χ0n) is 9.18. The number of hydrogen-bond acceptors (Lipinski definition) is 4. The monoisotopic (exact) mass is 238 g/mol. The quantitative estimate of drug-likeness (QED) is 0.635. The highest BCUT2D eigenvalue weighted by molar-refractivity contribution is 5.78. The average molecular weight is 238 g/mol. The third kappa shape index (κ3) is 5.41. The van der Waals surface area contributed by atoms with Gasteiger partial charge in [-0.1, -0.05) is 12.1 Å². The van der Waals surface area contributed by atoms with Crippen molar-refractivity contribution in [1.29, 1.82) is 0 Å². The summed E-state index contributed by atoms with van der Waals surface area (Å²) in [7, 11) is 0. The first-order chi connectivity index (χ1) is 8.08. The van der Waals surface area contributed by atoms with Gasteiger partial charge in [-0.25, -0.2) is 4.79 Å². The molecule has 0 unspecified atom stereocenters. The van der Waals surface area contributed by atoms with Gasteiger partial charge in [-0.3, -0.25) is 4.79 Å². The number of hydrogen-bond donors (Lipinski definition) is 3. The Morgan fingerprint density at radius 3 is 2.82 bits per heavy atom. The molecule has 0 fully saturated rings. The molecule has 0 aliphatic carbocycles. The van der Waals surface area contributed by atoms with Gasteiger partial charge in [0, 0.05) is 0 Å². The molecule has 0 spiro atoms. The van der Waals surface area contributed by atoms with E-state index in [1.54, 1.807) is 12.1 Å². The van der Waals surface area contributed by atoms with Crippen LogP contribution in [0, 0.1) is 0 Å². The zero-order valence-corrected chi connectivity index (χ0v) is 9.18. The van der Waals surface area contributed by atoms with Crippen LogP contribution in [0.25, 0.3) is 0 Å². The van der Waals surface area contributed by atoms with Gasteiger partial charge in [0.1, 0.15) is 12.4 Å². The number of carbonyl (C=O) groups is 2. The van der Waals surface area contributed by atoms with Crippen LogP contribution in [0.15, 0.2) is 24.3 Å². The Morgan fingerprint density at radius 1 is 1.41 bits per heavy atom. The molecular formula is C11H14N2O4. The average Bonchev–Trinajstić information content (AvgIpc) is 2.24. The van der Waals surface area contributed by atoms with Gasteiger partial charge in [-0.05, 0) is 17.7 Å². The summed E-state index contributed by atoms with van der Waals surface area (Å²) in [4.78, 5) is 21.6. The number of phenolic OH excluding ortho intramolecular Hbond substituents is 1. The van der Waals surface area contributed by atoms with Crippen LogP contribution in [0.4, 0.5) is 4.79 Å². The molecule has 0 aliphatic heterocycles. The smallest absolute Gasteiger partial charge is 0.404 e. The second kappa shape index (κ2) is 6.37. The highest BCUT2D eigenvalue weighted by Crippen LogP contribution is 2.10. The van der Waals surface area contributed by atoms with Gasteiger partial charge in [-0.15, -0.1) is 0 Å². The van der Waals surface area contributed by atoms with E-state index in [4.69, 9.17) is 5.73 Å². The molecule has 0 bridgehead atoms. The number of nitrogens with two attached hydrogens (primary N) is 1. The SMILES string of the molecule is NC(=O)OCCNC(=O)Cc1cccc(O)c1. The first kappa shape index (κ1) is 12.8. The van der Waals surface area contributed by atoms with E-state index in [0.29, 0.717) is 5.56 Å². The lowest BCUT2D eigenvalue weighted by molar-refractivity contribution is -0.120. The maximum atomic E-state index is 11.4. The highest BCUT2D eigenvalue weighted by Gasteiger charge is 2.03. The van der Waals surface area contributed by atoms with E-state index < -0.39 is 6.09 Å². The predicted molar refractivity (Wildman–Crippen MR) is 60.4 cm³/mol. The summed E-state index contributed by atoms with van der Waals surface area (Å²) < 4.78 is 4.45. The van der Waals surface area contributed by atoms with Crippen molar-refractivity contribution in [2.24, 2.45) is 5.73 Å². The van der Waals surface area contributed by atoms with Crippen molar-refractivity contribution in [2.45, 2.75) is 6.42 Å². The van der Waals surface area contributed by atoms with Gasteiger partial charge in [0.05, 0.1) is 13.0 Å². The lowest BCUT2D eigenvalue weighted by Gasteiger charge is -2.05. The first-order valence-electron chi connectivity index (χ1n) is 5.05. The van der Waals surface area contributed by atoms with Crippen LogP contribution < -0.4 is 11.1 Å². The summed E-state index contributed by atoms with van der Waals surface area (Å²) in [5.74, 6) is -0.101. The largest absolute Gasteiger partial charge is 0.508 e. The number of nitrogens with one attached hydrogen (secondary N) is 1. The first-order valence-corrected chi connectivity index (χ1v) is 5.05. The normalized spacial score (nSPS) is 9.65. The Labute approximate surface area is 98.4 Å². The van der Waals surface area contributed by atoms with Gasteiger partial charge >= 0.3 is 6.09 Å². The zero-order chi connectivity index (χ0) is 12.7. The molecule has 0 radical (unpaired) electrons. The molecule has 6 nitrogen and oxygen atoms in total. The van der Waals surface area contributed by atoms with Crippen molar-refractivity contribution in [3.05, 3.63) is 29.8 Å². The number of phenols is 1. The van der Waals surface area contributed by atoms with Crippen LogP contribution in [0.3, 0.4) is 0 Å². The Balaban J connectivity index is 2.27. The third-order valence-corrected chi connectivity index (χ3v) is 1.94. The number of benzene rings is 1. The standard InChI is InChI=1S/C11H14N2O4/c12-11(16)17-5-4-13-10(15)7-8-2-1-3-9(14)6-8/h1-3,6,14H,4-5,7H2,(H2,12,16)(H,13,15). The van der Waals surface area contributed by atoms with Gasteiger partial charge in [0.15, 0.2) is 0 Å². The number of rotatable bonds is 5. The Hall–Kier alpha value is -2.24. The molecule has 0 saturated carbocycles. The second-order valence-corrected chi connectivity index (χ2v) is 3.36. The van der Waals surface area contributed by atoms with Crippen LogP contribution in [-0.2, 0) is 16.0 Å². The highest BCUT2D eigenvalue weighted by atomic mass is 16.5. The molecule has 1 aromatic carbocycles. The van der Waals surface area contributed by atoms with Crippen molar-refractivity contribution >= 4 is 12.0 Å². The summed E-state index contributed by atoms with van der Waals surface area (Å²) >= 11 is 0. The predicted octanol–water partition coefficient (Wildman–Crippen LogP) is 0.146. The molecule has 1 rings (SSSR count). The number of aromatic hydroxyl groups is 1. The molecule has 0 aromatic heterocycles. The van der Waals surface area contributed by atoms with E-state index in [0.717, 1.165) is 0 Å². The summed E-state index contributed by atoms with van der Waals surface area (Å²) in [5.41, 5.74) is 5.45. The fourth-order valence-corrected chi connectivity index (χ4v) is 1.26. The maximum absolute atomic E-state index is 11.4. The molecule has 0 atom stereocenters. The van der Waals surface area contributed by atoms with Crippen molar-refractivity contribution in [2.75, 3.05) is 13.2 Å².